The molecule has 0 bridgehead atoms. The van der Waals surface area contributed by atoms with Crippen LogP contribution in [0.5, 0.6) is 0 Å². The normalized spacial score (nSPS) is 21.2. The van der Waals surface area contributed by atoms with E-state index in [-0.39, 0.29) is 12.0 Å². The van der Waals surface area contributed by atoms with Gasteiger partial charge in [-0.15, -0.1) is 0 Å². The van der Waals surface area contributed by atoms with Crippen molar-refractivity contribution in [3.63, 3.8) is 0 Å². The number of hydrogen-bond acceptors (Lipinski definition) is 3. The first-order chi connectivity index (χ1) is 6.98. The van der Waals surface area contributed by atoms with Gasteiger partial charge >= 0.3 is 6.18 Å². The lowest BCUT2D eigenvalue weighted by atomic mass is 9.92. The van der Waals surface area contributed by atoms with Crippen molar-refractivity contribution in [2.45, 2.75) is 31.5 Å². The number of alkyl halides is 3. The van der Waals surface area contributed by atoms with E-state index in [1.54, 1.807) is 0 Å². The molecule has 0 spiro atoms. The second-order valence-corrected chi connectivity index (χ2v) is 3.54. The van der Waals surface area contributed by atoms with Crippen LogP contribution >= 0.6 is 0 Å². The first kappa shape index (κ1) is 10.4. The van der Waals surface area contributed by atoms with Crippen molar-refractivity contribution in [1.82, 2.24) is 9.97 Å². The van der Waals surface area contributed by atoms with Crippen molar-refractivity contribution in [1.29, 1.82) is 0 Å². The molecule has 82 valence electrons. The maximum Gasteiger partial charge on any atom is 0.433 e. The maximum absolute atomic E-state index is 12.5. The van der Waals surface area contributed by atoms with Crippen LogP contribution in [-0.2, 0) is 19.0 Å². The van der Waals surface area contributed by atoms with Gasteiger partial charge < -0.3 is 5.11 Å². The summed E-state index contributed by atoms with van der Waals surface area (Å²) in [7, 11) is 0. The molecule has 15 heavy (non-hydrogen) atoms. The van der Waals surface area contributed by atoms with E-state index in [0.29, 0.717) is 18.5 Å². The third-order valence-electron chi connectivity index (χ3n) is 2.46. The topological polar surface area (TPSA) is 46.0 Å². The lowest BCUT2D eigenvalue weighted by Gasteiger charge is -2.22. The van der Waals surface area contributed by atoms with E-state index in [0.717, 1.165) is 6.33 Å². The number of hydrogen-bond donors (Lipinski definition) is 1. The summed E-state index contributed by atoms with van der Waals surface area (Å²) < 4.78 is 37.6. The van der Waals surface area contributed by atoms with Crippen LogP contribution in [0, 0.1) is 0 Å². The van der Waals surface area contributed by atoms with Crippen molar-refractivity contribution in [3.8, 4) is 0 Å². The lowest BCUT2D eigenvalue weighted by Crippen LogP contribution is -2.24. The monoisotopic (exact) mass is 218 g/mol. The van der Waals surface area contributed by atoms with Crippen molar-refractivity contribution < 1.29 is 18.3 Å². The number of aliphatic hydroxyl groups is 1. The van der Waals surface area contributed by atoms with Crippen molar-refractivity contribution >= 4 is 0 Å². The molecule has 2 rings (SSSR count). The van der Waals surface area contributed by atoms with E-state index in [4.69, 9.17) is 0 Å². The highest BCUT2D eigenvalue weighted by Gasteiger charge is 2.37. The zero-order valence-corrected chi connectivity index (χ0v) is 7.75. The second-order valence-electron chi connectivity index (χ2n) is 3.54. The van der Waals surface area contributed by atoms with E-state index in [1.807, 2.05) is 0 Å². The van der Waals surface area contributed by atoms with Crippen LogP contribution < -0.4 is 0 Å². The molecule has 1 heterocycles. The molecular formula is C9H9F3N2O. The molecule has 0 aliphatic heterocycles. The SMILES string of the molecule is OC1CCc2ncnc(C(F)(F)F)c2C1. The van der Waals surface area contributed by atoms with Crippen LogP contribution in [-0.4, -0.2) is 21.2 Å². The fourth-order valence-corrected chi connectivity index (χ4v) is 1.76. The Labute approximate surface area is 84.0 Å². The fraction of sp³-hybridized carbons (Fsp3) is 0.556. The van der Waals surface area contributed by atoms with Gasteiger partial charge in [-0.1, -0.05) is 0 Å². The lowest BCUT2D eigenvalue weighted by molar-refractivity contribution is -0.142. The van der Waals surface area contributed by atoms with E-state index >= 15 is 0 Å². The highest BCUT2D eigenvalue weighted by atomic mass is 19.4. The highest BCUT2D eigenvalue weighted by Crippen LogP contribution is 2.33. The molecule has 0 amide bonds. The van der Waals surface area contributed by atoms with Gasteiger partial charge in [0.25, 0.3) is 0 Å². The van der Waals surface area contributed by atoms with Crippen LogP contribution in [0.1, 0.15) is 23.4 Å². The molecule has 1 N–H and O–H groups in total. The summed E-state index contributed by atoms with van der Waals surface area (Å²) in [6.45, 7) is 0. The maximum atomic E-state index is 12.5. The summed E-state index contributed by atoms with van der Waals surface area (Å²) in [5.41, 5.74) is -0.461. The average molecular weight is 218 g/mol. The standard InChI is InChI=1S/C9H9F3N2O/c10-9(11,12)8-6-3-5(15)1-2-7(6)13-4-14-8/h4-5,15H,1-3H2. The Morgan fingerprint density at radius 2 is 2.07 bits per heavy atom. The van der Waals surface area contributed by atoms with Crippen molar-refractivity contribution in [2.75, 3.05) is 0 Å². The molecule has 6 heteroatoms. The van der Waals surface area contributed by atoms with Crippen molar-refractivity contribution in [2.24, 2.45) is 0 Å². The van der Waals surface area contributed by atoms with Gasteiger partial charge in [-0.2, -0.15) is 13.2 Å². The predicted molar refractivity (Wildman–Crippen MR) is 45.1 cm³/mol. The number of aromatic nitrogens is 2. The molecule has 0 radical (unpaired) electrons. The van der Waals surface area contributed by atoms with Crippen LogP contribution in [0.4, 0.5) is 13.2 Å². The molecule has 0 aromatic carbocycles. The summed E-state index contributed by atoms with van der Waals surface area (Å²) in [5, 5.41) is 9.32. The first-order valence-corrected chi connectivity index (χ1v) is 4.56. The number of fused-ring (bicyclic) bond motifs is 1. The summed E-state index contributed by atoms with van der Waals surface area (Å²) in [5.74, 6) is 0. The van der Waals surface area contributed by atoms with Crippen LogP contribution in [0.25, 0.3) is 0 Å². The third kappa shape index (κ3) is 1.94. The van der Waals surface area contributed by atoms with Gasteiger partial charge in [-0.25, -0.2) is 9.97 Å². The fourth-order valence-electron chi connectivity index (χ4n) is 1.76. The van der Waals surface area contributed by atoms with Crippen molar-refractivity contribution in [3.05, 3.63) is 23.3 Å². The Morgan fingerprint density at radius 1 is 1.33 bits per heavy atom. The molecule has 3 nitrogen and oxygen atoms in total. The average Bonchev–Trinajstić information content (AvgIpc) is 2.15. The molecule has 0 fully saturated rings. The van der Waals surface area contributed by atoms with Crippen LogP contribution in [0.2, 0.25) is 0 Å². The second kappa shape index (κ2) is 3.44. The minimum Gasteiger partial charge on any atom is -0.393 e. The first-order valence-electron chi connectivity index (χ1n) is 4.56. The molecule has 1 aliphatic rings. The third-order valence-corrected chi connectivity index (χ3v) is 2.46. The Morgan fingerprint density at radius 3 is 2.73 bits per heavy atom. The molecule has 0 saturated carbocycles. The summed E-state index contributed by atoms with van der Waals surface area (Å²) in [6, 6.07) is 0. The molecule has 1 aromatic heterocycles. The number of nitrogens with zero attached hydrogens (tertiary/aromatic N) is 2. The van der Waals surface area contributed by atoms with Gasteiger partial charge in [0.2, 0.25) is 0 Å². The highest BCUT2D eigenvalue weighted by molar-refractivity contribution is 5.29. The van der Waals surface area contributed by atoms with Crippen LogP contribution in [0.15, 0.2) is 6.33 Å². The van der Waals surface area contributed by atoms with E-state index in [9.17, 15) is 18.3 Å². The minimum absolute atomic E-state index is 0.00891. The Hall–Kier alpha value is -1.17. The summed E-state index contributed by atoms with van der Waals surface area (Å²) in [6.07, 6.45) is -3.43. The van der Waals surface area contributed by atoms with Gasteiger partial charge in [0.1, 0.15) is 6.33 Å². The van der Waals surface area contributed by atoms with Gasteiger partial charge in [0.05, 0.1) is 6.10 Å². The van der Waals surface area contributed by atoms with E-state index < -0.39 is 18.0 Å². The summed E-state index contributed by atoms with van der Waals surface area (Å²) >= 11 is 0. The zero-order chi connectivity index (χ0) is 11.1. The quantitative estimate of drug-likeness (QED) is 0.714. The number of halogens is 3. The Bertz CT molecular complexity index is 378. The molecule has 0 saturated heterocycles. The largest absolute Gasteiger partial charge is 0.433 e. The van der Waals surface area contributed by atoms with Gasteiger partial charge in [0, 0.05) is 17.7 Å². The van der Waals surface area contributed by atoms with Gasteiger partial charge in [-0.05, 0) is 12.8 Å². The Kier molecular flexibility index (Phi) is 2.38. The smallest absolute Gasteiger partial charge is 0.393 e. The van der Waals surface area contributed by atoms with Gasteiger partial charge in [0.15, 0.2) is 5.69 Å². The van der Waals surface area contributed by atoms with E-state index in [2.05, 4.69) is 9.97 Å². The number of aliphatic hydroxyl groups excluding tert-OH is 1. The molecule has 1 atom stereocenters. The van der Waals surface area contributed by atoms with Gasteiger partial charge in [-0.3, -0.25) is 0 Å². The number of rotatable bonds is 0. The predicted octanol–water partition coefficient (Wildman–Crippen LogP) is 1.34. The Balaban J connectivity index is 2.49. The summed E-state index contributed by atoms with van der Waals surface area (Å²) in [4.78, 5) is 7.06. The number of aryl methyl sites for hydroxylation is 1. The van der Waals surface area contributed by atoms with Crippen LogP contribution in [0.3, 0.4) is 0 Å². The molecular weight excluding hydrogens is 209 g/mol. The molecule has 1 aliphatic carbocycles. The molecule has 1 aromatic rings. The molecule has 1 unspecified atom stereocenters. The minimum atomic E-state index is -4.47. The zero-order valence-electron chi connectivity index (χ0n) is 7.75. The van der Waals surface area contributed by atoms with E-state index in [1.165, 1.54) is 0 Å².